The maximum atomic E-state index is 11.5. The van der Waals surface area contributed by atoms with Gasteiger partial charge in [0.1, 0.15) is 0 Å². The summed E-state index contributed by atoms with van der Waals surface area (Å²) in [5, 5.41) is 3.31. The molecule has 0 radical (unpaired) electrons. The molecule has 1 aliphatic heterocycles. The van der Waals surface area contributed by atoms with Gasteiger partial charge >= 0.3 is 0 Å². The number of ether oxygens (including phenoxy) is 2. The second kappa shape index (κ2) is 5.33. The molecule has 1 amide bonds. The minimum absolute atomic E-state index is 0.188. The van der Waals surface area contributed by atoms with Crippen molar-refractivity contribution in [2.45, 2.75) is 50.3 Å². The van der Waals surface area contributed by atoms with Crippen molar-refractivity contribution < 1.29 is 14.3 Å². The van der Waals surface area contributed by atoms with E-state index in [1.54, 1.807) is 0 Å². The molecular weight excluding hydrogens is 220 g/mol. The smallest absolute Gasteiger partial charge is 0.237 e. The van der Waals surface area contributed by atoms with Gasteiger partial charge in [-0.2, -0.15) is 0 Å². The second-order valence-corrected chi connectivity index (χ2v) is 5.22. The molecule has 17 heavy (non-hydrogen) atoms. The predicted molar refractivity (Wildman–Crippen MR) is 63.6 cm³/mol. The third-order valence-electron chi connectivity index (χ3n) is 3.49. The number of amides is 1. The van der Waals surface area contributed by atoms with Gasteiger partial charge in [0.05, 0.1) is 18.2 Å². The molecule has 2 aliphatic rings. The summed E-state index contributed by atoms with van der Waals surface area (Å²) in [7, 11) is 0. The Bertz CT molecular complexity index is 275. The third kappa shape index (κ3) is 3.66. The molecule has 1 saturated carbocycles. The van der Waals surface area contributed by atoms with E-state index < -0.39 is 5.54 Å². The van der Waals surface area contributed by atoms with Crippen molar-refractivity contribution in [1.29, 1.82) is 0 Å². The molecule has 0 spiro atoms. The monoisotopic (exact) mass is 242 g/mol. The molecule has 0 aromatic carbocycles. The number of nitrogens with two attached hydrogens (primary N) is 1. The van der Waals surface area contributed by atoms with Crippen molar-refractivity contribution in [3.63, 3.8) is 0 Å². The van der Waals surface area contributed by atoms with E-state index in [2.05, 4.69) is 5.32 Å². The maximum Gasteiger partial charge on any atom is 0.237 e. The molecule has 0 aromatic rings. The van der Waals surface area contributed by atoms with Crippen LogP contribution in [0.5, 0.6) is 0 Å². The molecule has 0 bridgehead atoms. The van der Waals surface area contributed by atoms with Crippen LogP contribution in [0.15, 0.2) is 0 Å². The summed E-state index contributed by atoms with van der Waals surface area (Å²) in [6.45, 7) is 3.86. The van der Waals surface area contributed by atoms with Crippen molar-refractivity contribution in [3.8, 4) is 0 Å². The fourth-order valence-electron chi connectivity index (χ4n) is 2.02. The van der Waals surface area contributed by atoms with Gasteiger partial charge in [0.25, 0.3) is 0 Å². The Balaban J connectivity index is 1.73. The summed E-state index contributed by atoms with van der Waals surface area (Å²) >= 11 is 0. The molecule has 3 N–H and O–H groups in total. The highest BCUT2D eigenvalue weighted by Gasteiger charge is 2.36. The Morgan fingerprint density at radius 2 is 2.29 bits per heavy atom. The molecule has 2 unspecified atom stereocenters. The van der Waals surface area contributed by atoms with Crippen molar-refractivity contribution in [2.24, 2.45) is 5.73 Å². The zero-order valence-corrected chi connectivity index (χ0v) is 10.4. The van der Waals surface area contributed by atoms with Crippen LogP contribution in [0, 0.1) is 0 Å². The SMILES string of the molecule is CC(CCOC1CCOC1)(NC1CC1)C(N)=O. The fourth-order valence-corrected chi connectivity index (χ4v) is 2.02. The lowest BCUT2D eigenvalue weighted by Crippen LogP contribution is -2.54. The largest absolute Gasteiger partial charge is 0.379 e. The van der Waals surface area contributed by atoms with Crippen LogP contribution in [0.1, 0.15) is 32.6 Å². The Morgan fingerprint density at radius 3 is 2.82 bits per heavy atom. The number of primary amides is 1. The first-order valence-corrected chi connectivity index (χ1v) is 6.37. The topological polar surface area (TPSA) is 73.6 Å². The lowest BCUT2D eigenvalue weighted by molar-refractivity contribution is -0.125. The maximum absolute atomic E-state index is 11.5. The van der Waals surface area contributed by atoms with Gasteiger partial charge < -0.3 is 20.5 Å². The molecule has 98 valence electrons. The normalized spacial score (nSPS) is 27.9. The molecule has 1 heterocycles. The van der Waals surface area contributed by atoms with Gasteiger partial charge in [0.15, 0.2) is 0 Å². The standard InChI is InChI=1S/C12H22N2O3/c1-12(11(13)15,14-9-2-3-9)5-7-17-10-4-6-16-8-10/h9-10,14H,2-8H2,1H3,(H2,13,15). The van der Waals surface area contributed by atoms with Crippen LogP contribution in [-0.4, -0.2) is 43.4 Å². The summed E-state index contributed by atoms with van der Waals surface area (Å²) in [5.41, 5.74) is 4.82. The lowest BCUT2D eigenvalue weighted by atomic mass is 9.97. The van der Waals surface area contributed by atoms with Gasteiger partial charge in [-0.25, -0.2) is 0 Å². The predicted octanol–water partition coefficient (Wildman–Crippen LogP) is 0.178. The van der Waals surface area contributed by atoms with E-state index in [0.717, 1.165) is 25.9 Å². The van der Waals surface area contributed by atoms with Gasteiger partial charge in [-0.1, -0.05) is 0 Å². The zero-order valence-electron chi connectivity index (χ0n) is 10.4. The molecule has 2 rings (SSSR count). The van der Waals surface area contributed by atoms with Crippen LogP contribution in [0.2, 0.25) is 0 Å². The second-order valence-electron chi connectivity index (χ2n) is 5.22. The average Bonchev–Trinajstić information content (AvgIpc) is 2.93. The van der Waals surface area contributed by atoms with Crippen molar-refractivity contribution in [2.75, 3.05) is 19.8 Å². The van der Waals surface area contributed by atoms with Crippen molar-refractivity contribution in [3.05, 3.63) is 0 Å². The van der Waals surface area contributed by atoms with Crippen LogP contribution in [0.25, 0.3) is 0 Å². The quantitative estimate of drug-likeness (QED) is 0.668. The number of hydrogen-bond acceptors (Lipinski definition) is 4. The van der Waals surface area contributed by atoms with E-state index in [1.165, 1.54) is 0 Å². The first-order valence-electron chi connectivity index (χ1n) is 6.37. The van der Waals surface area contributed by atoms with Crippen LogP contribution >= 0.6 is 0 Å². The molecular formula is C12H22N2O3. The highest BCUT2D eigenvalue weighted by molar-refractivity contribution is 5.84. The summed E-state index contributed by atoms with van der Waals surface area (Å²) in [5.74, 6) is -0.296. The van der Waals surface area contributed by atoms with Gasteiger partial charge in [-0.05, 0) is 32.6 Å². The Hall–Kier alpha value is -0.650. The molecule has 0 aromatic heterocycles. The molecule has 5 nitrogen and oxygen atoms in total. The molecule has 2 atom stereocenters. The summed E-state index contributed by atoms with van der Waals surface area (Å²) in [4.78, 5) is 11.5. The van der Waals surface area contributed by atoms with Gasteiger partial charge in [0.2, 0.25) is 5.91 Å². The third-order valence-corrected chi connectivity index (χ3v) is 3.49. The van der Waals surface area contributed by atoms with Crippen LogP contribution < -0.4 is 11.1 Å². The first kappa shape index (κ1) is 12.8. The van der Waals surface area contributed by atoms with Crippen LogP contribution in [0.3, 0.4) is 0 Å². The Kier molecular flexibility index (Phi) is 4.01. The zero-order chi connectivity index (χ0) is 12.3. The van der Waals surface area contributed by atoms with Crippen LogP contribution in [-0.2, 0) is 14.3 Å². The van der Waals surface area contributed by atoms with Crippen molar-refractivity contribution in [1.82, 2.24) is 5.32 Å². The van der Waals surface area contributed by atoms with Gasteiger partial charge in [-0.3, -0.25) is 4.79 Å². The minimum atomic E-state index is -0.638. The number of nitrogens with one attached hydrogen (secondary N) is 1. The molecule has 1 saturated heterocycles. The van der Waals surface area contributed by atoms with Crippen LogP contribution in [0.4, 0.5) is 0 Å². The Labute approximate surface area is 102 Å². The minimum Gasteiger partial charge on any atom is -0.379 e. The highest BCUT2D eigenvalue weighted by Crippen LogP contribution is 2.24. The molecule has 1 aliphatic carbocycles. The van der Waals surface area contributed by atoms with E-state index in [0.29, 0.717) is 25.7 Å². The van der Waals surface area contributed by atoms with E-state index in [9.17, 15) is 4.79 Å². The highest BCUT2D eigenvalue weighted by atomic mass is 16.5. The van der Waals surface area contributed by atoms with E-state index in [1.807, 2.05) is 6.92 Å². The van der Waals surface area contributed by atoms with E-state index >= 15 is 0 Å². The summed E-state index contributed by atoms with van der Waals surface area (Å²) in [6, 6.07) is 0.460. The van der Waals surface area contributed by atoms with E-state index in [-0.39, 0.29) is 12.0 Å². The number of carbonyl (C=O) groups excluding carboxylic acids is 1. The fraction of sp³-hybridized carbons (Fsp3) is 0.917. The van der Waals surface area contributed by atoms with Gasteiger partial charge in [-0.15, -0.1) is 0 Å². The molecule has 2 fully saturated rings. The average molecular weight is 242 g/mol. The first-order chi connectivity index (χ1) is 8.10. The summed E-state index contributed by atoms with van der Waals surface area (Å²) < 4.78 is 10.9. The summed E-state index contributed by atoms with van der Waals surface area (Å²) in [6.07, 6.45) is 4.03. The van der Waals surface area contributed by atoms with Gasteiger partial charge in [0, 0.05) is 19.3 Å². The lowest BCUT2D eigenvalue weighted by Gasteiger charge is -2.28. The number of hydrogen-bond donors (Lipinski definition) is 2. The van der Waals surface area contributed by atoms with Crippen molar-refractivity contribution >= 4 is 5.91 Å². The number of rotatable bonds is 7. The van der Waals surface area contributed by atoms with E-state index in [4.69, 9.17) is 15.2 Å². The number of carbonyl (C=O) groups is 1. The molecule has 5 heteroatoms. The Morgan fingerprint density at radius 1 is 1.53 bits per heavy atom.